The van der Waals surface area contributed by atoms with Crippen molar-refractivity contribution >= 4 is 125 Å². The molecule has 0 saturated heterocycles. The third kappa shape index (κ3) is 8.21. The Labute approximate surface area is 301 Å². The van der Waals surface area contributed by atoms with Gasteiger partial charge in [0.1, 0.15) is 0 Å². The monoisotopic (exact) mass is 575 g/mol. The molecule has 0 aromatic heterocycles. The summed E-state index contributed by atoms with van der Waals surface area (Å²) in [5.74, 6) is -1.41. The van der Waals surface area contributed by atoms with Crippen molar-refractivity contribution in [2.45, 2.75) is 37.0 Å². The molecular formula is C26H27K2NO7S. The fourth-order valence-electron chi connectivity index (χ4n) is 3.81. The standard InChI is InChI=1S/C26H25NO7S.2K.2H/c1-16(2)18-7-10-21(11-8-18)35(31,32)27-25(28)22(13-17-3-5-19(6-4-17)26(29)30)20-9-12-23-24(14-20)34-15-33-23;;;;/h3-12,14,16,22H,13,15H2,1-2H3,(H,27,28)(H,29,30);;;;. The number of carbonyl (C=O) groups excluding carboxylic acids is 1. The van der Waals surface area contributed by atoms with Gasteiger partial charge in [-0.25, -0.2) is 17.9 Å². The van der Waals surface area contributed by atoms with Crippen LogP contribution in [-0.4, -0.2) is 135 Å². The van der Waals surface area contributed by atoms with Crippen molar-refractivity contribution < 1.29 is 32.6 Å². The van der Waals surface area contributed by atoms with Gasteiger partial charge < -0.3 is 14.6 Å². The summed E-state index contributed by atoms with van der Waals surface area (Å²) in [6, 6.07) is 17.5. The Kier molecular flexibility index (Phi) is 12.5. The molecule has 11 heteroatoms. The van der Waals surface area contributed by atoms with Crippen molar-refractivity contribution in [2.24, 2.45) is 0 Å². The van der Waals surface area contributed by atoms with Crippen LogP contribution in [0.2, 0.25) is 0 Å². The van der Waals surface area contributed by atoms with E-state index >= 15 is 0 Å². The predicted octanol–water partition coefficient (Wildman–Crippen LogP) is 2.77. The van der Waals surface area contributed by atoms with Gasteiger partial charge >= 0.3 is 109 Å². The number of sulfonamides is 1. The molecule has 1 unspecified atom stereocenters. The maximum atomic E-state index is 13.3. The molecule has 3 aromatic carbocycles. The molecule has 2 N–H and O–H groups in total. The van der Waals surface area contributed by atoms with Gasteiger partial charge in [0.2, 0.25) is 12.7 Å². The Bertz CT molecular complexity index is 1360. The third-order valence-electron chi connectivity index (χ3n) is 5.85. The summed E-state index contributed by atoms with van der Waals surface area (Å²) in [4.78, 5) is 24.5. The summed E-state index contributed by atoms with van der Waals surface area (Å²) < 4.78 is 38.9. The summed E-state index contributed by atoms with van der Waals surface area (Å²) in [5, 5.41) is 9.14. The number of rotatable bonds is 8. The van der Waals surface area contributed by atoms with Crippen molar-refractivity contribution in [3.05, 3.63) is 89.0 Å². The second-order valence-corrected chi connectivity index (χ2v) is 10.2. The summed E-state index contributed by atoms with van der Waals surface area (Å²) >= 11 is 0. The van der Waals surface area contributed by atoms with Crippen LogP contribution in [0.1, 0.15) is 52.7 Å². The zero-order valence-electron chi connectivity index (χ0n) is 19.2. The molecule has 186 valence electrons. The van der Waals surface area contributed by atoms with Crippen LogP contribution in [0, 0.1) is 0 Å². The number of aromatic carboxylic acids is 1. The molecule has 0 bridgehead atoms. The van der Waals surface area contributed by atoms with Crippen LogP contribution in [0.25, 0.3) is 0 Å². The van der Waals surface area contributed by atoms with Gasteiger partial charge in [-0.1, -0.05) is 44.2 Å². The number of carbonyl (C=O) groups is 2. The molecule has 0 spiro atoms. The molecule has 1 aliphatic heterocycles. The zero-order valence-corrected chi connectivity index (χ0v) is 20.0. The summed E-state index contributed by atoms with van der Waals surface area (Å²) in [6.45, 7) is 4.07. The Balaban J connectivity index is 0.00000241. The van der Waals surface area contributed by atoms with E-state index in [0.29, 0.717) is 22.6 Å². The number of ether oxygens (including phenoxy) is 2. The molecular weight excluding hydrogens is 549 g/mol. The Morgan fingerprint density at radius 1 is 0.892 bits per heavy atom. The molecule has 0 radical (unpaired) electrons. The molecule has 1 atom stereocenters. The van der Waals surface area contributed by atoms with E-state index < -0.39 is 27.8 Å². The number of amides is 1. The van der Waals surface area contributed by atoms with Crippen LogP contribution >= 0.6 is 0 Å². The maximum absolute atomic E-state index is 13.3. The number of hydrogen-bond donors (Lipinski definition) is 2. The van der Waals surface area contributed by atoms with Gasteiger partial charge in [-0.05, 0) is 65.4 Å². The van der Waals surface area contributed by atoms with Crippen LogP contribution in [0.5, 0.6) is 11.5 Å². The SMILES string of the molecule is CC(C)c1ccc(S(=O)(=O)NC(=O)C(Cc2ccc(C(=O)O)cc2)c2ccc3c(c2)OCO3)cc1.[KH].[KH]. The molecule has 1 aliphatic rings. The van der Waals surface area contributed by atoms with Gasteiger partial charge in [0.05, 0.1) is 16.4 Å². The topological polar surface area (TPSA) is 119 Å². The van der Waals surface area contributed by atoms with Crippen LogP contribution in [0.15, 0.2) is 71.6 Å². The third-order valence-corrected chi connectivity index (χ3v) is 7.21. The number of carboxylic acid groups (broad SMARTS) is 1. The van der Waals surface area contributed by atoms with E-state index in [1.165, 1.54) is 24.3 Å². The molecule has 3 aromatic rings. The molecule has 1 amide bonds. The van der Waals surface area contributed by atoms with E-state index in [1.54, 1.807) is 42.5 Å². The number of hydrogen-bond acceptors (Lipinski definition) is 6. The van der Waals surface area contributed by atoms with Gasteiger partial charge in [-0.3, -0.25) is 4.79 Å². The molecule has 37 heavy (non-hydrogen) atoms. The summed E-state index contributed by atoms with van der Waals surface area (Å²) in [6.07, 6.45) is 0.146. The Hall–Kier alpha value is -0.577. The number of carboxylic acids is 1. The van der Waals surface area contributed by atoms with Gasteiger partial charge in [0.15, 0.2) is 11.5 Å². The average molecular weight is 576 g/mol. The number of fused-ring (bicyclic) bond motifs is 1. The van der Waals surface area contributed by atoms with E-state index in [-0.39, 0.29) is 132 Å². The van der Waals surface area contributed by atoms with Crippen molar-refractivity contribution in [1.29, 1.82) is 0 Å². The summed E-state index contributed by atoms with van der Waals surface area (Å²) in [7, 11) is -4.11. The average Bonchev–Trinajstić information content (AvgIpc) is 3.30. The van der Waals surface area contributed by atoms with Gasteiger partial charge in [0, 0.05) is 0 Å². The van der Waals surface area contributed by atoms with E-state index in [2.05, 4.69) is 4.72 Å². The van der Waals surface area contributed by atoms with Crippen molar-refractivity contribution in [1.82, 2.24) is 4.72 Å². The second-order valence-electron chi connectivity index (χ2n) is 8.56. The van der Waals surface area contributed by atoms with Gasteiger partial charge in [-0.2, -0.15) is 0 Å². The predicted molar refractivity (Wildman–Crippen MR) is 143 cm³/mol. The van der Waals surface area contributed by atoms with Gasteiger partial charge in [0.25, 0.3) is 10.0 Å². The zero-order chi connectivity index (χ0) is 25.2. The molecule has 0 aliphatic carbocycles. The van der Waals surface area contributed by atoms with Crippen LogP contribution in [0.3, 0.4) is 0 Å². The first-order chi connectivity index (χ1) is 16.6. The molecule has 1 heterocycles. The first-order valence-electron chi connectivity index (χ1n) is 11.0. The molecule has 0 fully saturated rings. The Morgan fingerprint density at radius 2 is 1.49 bits per heavy atom. The van der Waals surface area contributed by atoms with Crippen molar-refractivity contribution in [2.75, 3.05) is 6.79 Å². The van der Waals surface area contributed by atoms with Crippen LogP contribution in [0.4, 0.5) is 0 Å². The van der Waals surface area contributed by atoms with Crippen LogP contribution in [-0.2, 0) is 21.2 Å². The Morgan fingerprint density at radius 3 is 2.08 bits per heavy atom. The quantitative estimate of drug-likeness (QED) is 0.397. The fraction of sp³-hybridized carbons (Fsp3) is 0.231. The minimum atomic E-state index is -4.11. The number of benzene rings is 3. The number of nitrogens with one attached hydrogen (secondary N) is 1. The van der Waals surface area contributed by atoms with Crippen LogP contribution < -0.4 is 14.2 Å². The molecule has 4 rings (SSSR count). The first-order valence-corrected chi connectivity index (χ1v) is 12.5. The van der Waals surface area contributed by atoms with Crippen molar-refractivity contribution in [3.8, 4) is 11.5 Å². The minimum absolute atomic E-state index is 0. The van der Waals surface area contributed by atoms with Crippen molar-refractivity contribution in [3.63, 3.8) is 0 Å². The van der Waals surface area contributed by atoms with E-state index in [4.69, 9.17) is 14.6 Å². The summed E-state index contributed by atoms with van der Waals surface area (Å²) in [5.41, 5.74) is 2.31. The normalized spacial score (nSPS) is 12.7. The van der Waals surface area contributed by atoms with E-state index in [0.717, 1.165) is 5.56 Å². The fourth-order valence-corrected chi connectivity index (χ4v) is 4.82. The van der Waals surface area contributed by atoms with E-state index in [9.17, 15) is 18.0 Å². The first kappa shape index (κ1) is 32.6. The van der Waals surface area contributed by atoms with Gasteiger partial charge in [-0.15, -0.1) is 0 Å². The molecule has 0 saturated carbocycles. The van der Waals surface area contributed by atoms with E-state index in [1.807, 2.05) is 13.8 Å². The molecule has 8 nitrogen and oxygen atoms in total. The second kappa shape index (κ2) is 14.2.